The molecule has 2 aromatic rings. The van der Waals surface area contributed by atoms with Gasteiger partial charge in [0.1, 0.15) is 17.9 Å². The van der Waals surface area contributed by atoms with Gasteiger partial charge in [-0.05, 0) is 56.2 Å². The molecule has 1 aliphatic carbocycles. The number of guanidine groups is 1. The third-order valence-electron chi connectivity index (χ3n) is 5.51. The summed E-state index contributed by atoms with van der Waals surface area (Å²) in [5.74, 6) is 2.20. The highest BCUT2D eigenvalue weighted by atomic mass is 127. The van der Waals surface area contributed by atoms with Gasteiger partial charge in [-0.1, -0.05) is 6.07 Å². The van der Waals surface area contributed by atoms with E-state index in [1.54, 1.807) is 6.33 Å². The second-order valence-electron chi connectivity index (χ2n) is 7.34. The van der Waals surface area contributed by atoms with E-state index in [0.29, 0.717) is 12.3 Å². The zero-order chi connectivity index (χ0) is 18.6. The number of benzene rings is 1. The molecule has 1 aliphatic heterocycles. The summed E-state index contributed by atoms with van der Waals surface area (Å²) >= 11 is 0. The molecule has 2 aliphatic rings. The topological polar surface area (TPSA) is 87.4 Å². The number of halogens is 1. The van der Waals surface area contributed by atoms with Crippen LogP contribution < -0.4 is 10.6 Å². The predicted molar refractivity (Wildman–Crippen MR) is 120 cm³/mol. The van der Waals surface area contributed by atoms with Crippen LogP contribution in [0.1, 0.15) is 48.7 Å². The Morgan fingerprint density at radius 1 is 1.29 bits per heavy atom. The van der Waals surface area contributed by atoms with E-state index in [2.05, 4.69) is 33.7 Å². The Bertz CT molecular complexity index is 834. The van der Waals surface area contributed by atoms with Crippen LogP contribution >= 0.6 is 24.0 Å². The van der Waals surface area contributed by atoms with Gasteiger partial charge in [-0.2, -0.15) is 5.10 Å². The largest absolute Gasteiger partial charge is 0.508 e. The van der Waals surface area contributed by atoms with Crippen LogP contribution in [0.3, 0.4) is 0 Å². The summed E-state index contributed by atoms with van der Waals surface area (Å²) in [7, 11) is 0. The fourth-order valence-electron chi connectivity index (χ4n) is 4.10. The number of fused-ring (bicyclic) bond motifs is 2. The second-order valence-corrected chi connectivity index (χ2v) is 7.34. The van der Waals surface area contributed by atoms with Gasteiger partial charge < -0.3 is 15.7 Å². The molecular formula is C20H29IN6O. The molecular weight excluding hydrogens is 467 g/mol. The van der Waals surface area contributed by atoms with E-state index in [4.69, 9.17) is 4.99 Å². The molecule has 0 saturated heterocycles. The number of aliphatic imine (C=N–C) groups is 1. The van der Waals surface area contributed by atoms with E-state index < -0.39 is 0 Å². The molecule has 28 heavy (non-hydrogen) atoms. The van der Waals surface area contributed by atoms with Gasteiger partial charge >= 0.3 is 0 Å². The molecule has 8 heteroatoms. The van der Waals surface area contributed by atoms with Crippen molar-refractivity contribution in [3.63, 3.8) is 0 Å². The molecule has 0 saturated carbocycles. The molecule has 2 heterocycles. The number of phenolic OH excluding ortho intramolecular Hbond substituents is 1. The molecule has 1 aromatic carbocycles. The maximum Gasteiger partial charge on any atom is 0.191 e. The second kappa shape index (κ2) is 9.58. The number of phenols is 1. The maximum atomic E-state index is 10.4. The van der Waals surface area contributed by atoms with Gasteiger partial charge in [0.05, 0.1) is 13.1 Å². The summed E-state index contributed by atoms with van der Waals surface area (Å²) in [6.45, 7) is 4.15. The van der Waals surface area contributed by atoms with Gasteiger partial charge in [0, 0.05) is 24.6 Å². The van der Waals surface area contributed by atoms with Gasteiger partial charge in [0.2, 0.25) is 0 Å². The summed E-state index contributed by atoms with van der Waals surface area (Å²) in [5, 5.41) is 21.5. The molecule has 152 valence electrons. The molecule has 0 spiro atoms. The van der Waals surface area contributed by atoms with Crippen molar-refractivity contribution in [3.05, 3.63) is 41.0 Å². The number of hydrogen-bond acceptors (Lipinski definition) is 4. The Balaban J connectivity index is 0.00000225. The Morgan fingerprint density at radius 3 is 3.00 bits per heavy atom. The van der Waals surface area contributed by atoms with E-state index in [9.17, 15) is 5.11 Å². The molecule has 4 rings (SSSR count). The zero-order valence-electron chi connectivity index (χ0n) is 16.3. The Kier molecular flexibility index (Phi) is 7.14. The van der Waals surface area contributed by atoms with Crippen LogP contribution in [-0.4, -0.2) is 38.4 Å². The smallest absolute Gasteiger partial charge is 0.191 e. The van der Waals surface area contributed by atoms with Crippen LogP contribution in [0.15, 0.2) is 23.5 Å². The molecule has 1 aromatic heterocycles. The normalized spacial score (nSPS) is 18.6. The highest BCUT2D eigenvalue weighted by molar-refractivity contribution is 14.0. The van der Waals surface area contributed by atoms with E-state index in [-0.39, 0.29) is 30.0 Å². The van der Waals surface area contributed by atoms with E-state index in [0.717, 1.165) is 56.1 Å². The van der Waals surface area contributed by atoms with Crippen LogP contribution in [0.25, 0.3) is 0 Å². The van der Waals surface area contributed by atoms with Crippen molar-refractivity contribution in [1.82, 2.24) is 25.4 Å². The monoisotopic (exact) mass is 496 g/mol. The van der Waals surface area contributed by atoms with Gasteiger partial charge in [0.25, 0.3) is 0 Å². The number of hydrogen-bond donors (Lipinski definition) is 3. The van der Waals surface area contributed by atoms with Gasteiger partial charge in [-0.15, -0.1) is 24.0 Å². The van der Waals surface area contributed by atoms with Crippen molar-refractivity contribution in [2.24, 2.45) is 4.99 Å². The third-order valence-corrected chi connectivity index (χ3v) is 5.51. The SMILES string of the molecule is CCNC(=NCc1c(O)ccc2c1CCCC2)NC1CCc2ncnn2C1.I. The van der Waals surface area contributed by atoms with Crippen LogP contribution in [0.4, 0.5) is 0 Å². The van der Waals surface area contributed by atoms with Gasteiger partial charge in [0.15, 0.2) is 5.96 Å². The van der Waals surface area contributed by atoms with Crippen LogP contribution in [0, 0.1) is 0 Å². The van der Waals surface area contributed by atoms with Crippen molar-refractivity contribution >= 4 is 29.9 Å². The Hall–Kier alpha value is -1.84. The number of aromatic nitrogens is 3. The average Bonchev–Trinajstić information content (AvgIpc) is 3.15. The zero-order valence-corrected chi connectivity index (χ0v) is 18.6. The number of nitrogens with one attached hydrogen (secondary N) is 2. The minimum absolute atomic E-state index is 0. The van der Waals surface area contributed by atoms with Crippen molar-refractivity contribution in [2.45, 2.75) is 64.6 Å². The Labute approximate surface area is 183 Å². The van der Waals surface area contributed by atoms with Crippen LogP contribution in [0.5, 0.6) is 5.75 Å². The summed E-state index contributed by atoms with van der Waals surface area (Å²) in [6.07, 6.45) is 8.12. The highest BCUT2D eigenvalue weighted by Gasteiger charge is 2.21. The first-order chi connectivity index (χ1) is 13.2. The molecule has 0 fully saturated rings. The van der Waals surface area contributed by atoms with E-state index in [1.165, 1.54) is 24.0 Å². The molecule has 1 unspecified atom stereocenters. The molecule has 0 bridgehead atoms. The minimum Gasteiger partial charge on any atom is -0.508 e. The lowest BCUT2D eigenvalue weighted by atomic mass is 9.88. The number of nitrogens with zero attached hydrogens (tertiary/aromatic N) is 4. The van der Waals surface area contributed by atoms with Crippen molar-refractivity contribution in [3.8, 4) is 5.75 Å². The lowest BCUT2D eigenvalue weighted by molar-refractivity contribution is 0.392. The summed E-state index contributed by atoms with van der Waals surface area (Å²) in [6, 6.07) is 4.16. The van der Waals surface area contributed by atoms with E-state index >= 15 is 0 Å². The third kappa shape index (κ3) is 4.59. The fraction of sp³-hybridized carbons (Fsp3) is 0.550. The fourth-order valence-corrected chi connectivity index (χ4v) is 4.10. The molecule has 0 amide bonds. The van der Waals surface area contributed by atoms with Crippen LogP contribution in [-0.2, 0) is 32.4 Å². The number of aryl methyl sites for hydroxylation is 2. The molecule has 7 nitrogen and oxygen atoms in total. The quantitative estimate of drug-likeness (QED) is 0.344. The minimum atomic E-state index is 0. The van der Waals surface area contributed by atoms with Crippen molar-refractivity contribution in [1.29, 1.82) is 0 Å². The van der Waals surface area contributed by atoms with E-state index in [1.807, 2.05) is 10.7 Å². The van der Waals surface area contributed by atoms with Crippen LogP contribution in [0.2, 0.25) is 0 Å². The first-order valence-electron chi connectivity index (χ1n) is 9.98. The average molecular weight is 496 g/mol. The lowest BCUT2D eigenvalue weighted by Gasteiger charge is -2.25. The summed E-state index contributed by atoms with van der Waals surface area (Å²) in [5.41, 5.74) is 3.64. The maximum absolute atomic E-state index is 10.4. The summed E-state index contributed by atoms with van der Waals surface area (Å²) in [4.78, 5) is 9.06. The first kappa shape index (κ1) is 20.9. The Morgan fingerprint density at radius 2 is 2.14 bits per heavy atom. The molecule has 3 N–H and O–H groups in total. The molecule has 1 atom stereocenters. The number of rotatable bonds is 4. The molecule has 0 radical (unpaired) electrons. The first-order valence-corrected chi connectivity index (χ1v) is 9.98. The number of aromatic hydroxyl groups is 1. The van der Waals surface area contributed by atoms with Crippen molar-refractivity contribution in [2.75, 3.05) is 6.54 Å². The standard InChI is InChI=1S/C20H28N6O.HI/c1-2-21-20(25-15-8-10-19-23-13-24-26(19)12-15)22-11-17-16-6-4-3-5-14(16)7-9-18(17)27;/h7,9,13,15,27H,2-6,8,10-12H2,1H3,(H2,21,22,25);1H. The predicted octanol–water partition coefficient (Wildman–Crippen LogP) is 2.55. The van der Waals surface area contributed by atoms with Gasteiger partial charge in [-0.25, -0.2) is 14.7 Å². The van der Waals surface area contributed by atoms with Gasteiger partial charge in [-0.3, -0.25) is 0 Å². The highest BCUT2D eigenvalue weighted by Crippen LogP contribution is 2.31. The lowest BCUT2D eigenvalue weighted by Crippen LogP contribution is -2.47. The summed E-state index contributed by atoms with van der Waals surface area (Å²) < 4.78 is 1.96. The van der Waals surface area contributed by atoms with Crippen molar-refractivity contribution < 1.29 is 5.11 Å².